The normalized spacial score (nSPS) is 17.6. The standard InChI is InChI=1S/C40H42F3N9O6S/c1-49(23-25-7-12-30-31(20-25)38(56)52(37(30)55)33-13-14-34(53)47-36(33)54)27-15-17-51(18-16-27)28-10-8-26(9-11-28)46-39-45-22-32(40(41,42)43)35(48-39)44-21-24-5-4-6-29(19-24)50(2)59(3,57)58/h4-12,19-20,22,27,33H,13-18,21,23H2,1-3H3,(H,47,53,54)(H2,44,45,46,48). The molecule has 7 rings (SSSR count). The van der Waals surface area contributed by atoms with Crippen molar-refractivity contribution in [2.45, 2.75) is 57.0 Å². The summed E-state index contributed by atoms with van der Waals surface area (Å²) < 4.78 is 66.7. The van der Waals surface area contributed by atoms with E-state index in [1.807, 2.05) is 25.2 Å². The van der Waals surface area contributed by atoms with Gasteiger partial charge in [-0.05, 0) is 86.0 Å². The first-order valence-electron chi connectivity index (χ1n) is 18.8. The number of amides is 4. The number of aromatic nitrogens is 2. The van der Waals surface area contributed by atoms with E-state index < -0.39 is 57.3 Å². The van der Waals surface area contributed by atoms with E-state index in [1.165, 1.54) is 7.05 Å². The van der Waals surface area contributed by atoms with Gasteiger partial charge in [-0.25, -0.2) is 13.4 Å². The molecule has 1 unspecified atom stereocenters. The van der Waals surface area contributed by atoms with Crippen LogP contribution in [-0.4, -0.2) is 97.3 Å². The van der Waals surface area contributed by atoms with E-state index in [-0.39, 0.29) is 42.5 Å². The highest BCUT2D eigenvalue weighted by atomic mass is 32.2. The SMILES string of the molecule is CN(Cc1ccc2c(c1)C(=O)N(C1CCC(=O)NC1=O)C2=O)C1CCN(c2ccc(Nc3ncc(C(F)(F)F)c(NCc4cccc(N(C)S(C)(=O)=O)c4)n3)cc2)CC1. The fourth-order valence-corrected chi connectivity index (χ4v) is 8.00. The van der Waals surface area contributed by atoms with E-state index in [0.717, 1.165) is 52.6 Å². The van der Waals surface area contributed by atoms with E-state index in [4.69, 9.17) is 0 Å². The highest BCUT2D eigenvalue weighted by Gasteiger charge is 2.44. The number of carbonyl (C=O) groups is 4. The van der Waals surface area contributed by atoms with Crippen LogP contribution in [0.2, 0.25) is 0 Å². The van der Waals surface area contributed by atoms with E-state index in [0.29, 0.717) is 29.7 Å². The van der Waals surface area contributed by atoms with Crippen molar-refractivity contribution in [2.75, 3.05) is 53.3 Å². The highest BCUT2D eigenvalue weighted by molar-refractivity contribution is 7.92. The van der Waals surface area contributed by atoms with Crippen molar-refractivity contribution in [3.8, 4) is 0 Å². The summed E-state index contributed by atoms with van der Waals surface area (Å²) in [6.45, 7) is 2.02. The molecule has 0 aliphatic carbocycles. The molecule has 59 heavy (non-hydrogen) atoms. The second kappa shape index (κ2) is 16.3. The zero-order valence-electron chi connectivity index (χ0n) is 32.4. The molecule has 1 aromatic heterocycles. The van der Waals surface area contributed by atoms with Crippen LogP contribution in [0, 0.1) is 0 Å². The molecule has 19 heteroatoms. The molecule has 4 heterocycles. The number of benzene rings is 3. The van der Waals surface area contributed by atoms with Gasteiger partial charge < -0.3 is 15.5 Å². The molecule has 1 atom stereocenters. The number of sulfonamides is 1. The molecule has 0 saturated carbocycles. The van der Waals surface area contributed by atoms with Crippen molar-refractivity contribution in [1.29, 1.82) is 0 Å². The van der Waals surface area contributed by atoms with Gasteiger partial charge in [0.15, 0.2) is 0 Å². The predicted molar refractivity (Wildman–Crippen MR) is 214 cm³/mol. The molecule has 310 valence electrons. The molecule has 3 aliphatic heterocycles. The molecule has 2 saturated heterocycles. The second-order valence-electron chi connectivity index (χ2n) is 14.8. The number of carbonyl (C=O) groups excluding carboxylic acids is 4. The second-order valence-corrected chi connectivity index (χ2v) is 16.9. The van der Waals surface area contributed by atoms with Crippen LogP contribution in [0.15, 0.2) is 72.9 Å². The number of fused-ring (bicyclic) bond motifs is 1. The van der Waals surface area contributed by atoms with Gasteiger partial charge in [0, 0.05) is 63.3 Å². The summed E-state index contributed by atoms with van der Waals surface area (Å²) in [6.07, 6.45) is -1.09. The van der Waals surface area contributed by atoms with Crippen molar-refractivity contribution < 1.29 is 40.8 Å². The Labute approximate surface area is 338 Å². The largest absolute Gasteiger partial charge is 0.421 e. The lowest BCUT2D eigenvalue weighted by molar-refractivity contribution is -0.138. The molecule has 3 aromatic carbocycles. The van der Waals surface area contributed by atoms with Crippen LogP contribution in [-0.2, 0) is 38.9 Å². The average molecular weight is 834 g/mol. The zero-order valence-corrected chi connectivity index (χ0v) is 33.2. The number of hydrogen-bond acceptors (Lipinski definition) is 12. The first-order valence-corrected chi connectivity index (χ1v) is 20.7. The van der Waals surface area contributed by atoms with Crippen LogP contribution >= 0.6 is 0 Å². The minimum absolute atomic E-state index is 0.0476. The van der Waals surface area contributed by atoms with E-state index in [2.05, 4.69) is 35.7 Å². The van der Waals surface area contributed by atoms with Gasteiger partial charge in [-0.15, -0.1) is 0 Å². The molecule has 4 amide bonds. The average Bonchev–Trinajstić information content (AvgIpc) is 3.44. The molecule has 0 bridgehead atoms. The molecular formula is C40H42F3N9O6S. The van der Waals surface area contributed by atoms with Gasteiger partial charge in [0.1, 0.15) is 17.4 Å². The maximum Gasteiger partial charge on any atom is 0.421 e. The first-order chi connectivity index (χ1) is 28.0. The van der Waals surface area contributed by atoms with Crippen LogP contribution < -0.4 is 25.2 Å². The maximum absolute atomic E-state index is 13.9. The van der Waals surface area contributed by atoms with E-state index >= 15 is 0 Å². The summed E-state index contributed by atoms with van der Waals surface area (Å²) in [7, 11) is -0.132. The number of halogens is 3. The van der Waals surface area contributed by atoms with Crippen LogP contribution in [0.5, 0.6) is 0 Å². The van der Waals surface area contributed by atoms with Crippen LogP contribution in [0.4, 0.5) is 42.0 Å². The Morgan fingerprint density at radius 1 is 0.898 bits per heavy atom. The number of imide groups is 2. The third-order valence-electron chi connectivity index (χ3n) is 10.8. The summed E-state index contributed by atoms with van der Waals surface area (Å²) in [6, 6.07) is 18.2. The van der Waals surface area contributed by atoms with Crippen molar-refractivity contribution in [2.24, 2.45) is 0 Å². The number of rotatable bonds is 12. The van der Waals surface area contributed by atoms with Gasteiger partial charge in [0.05, 0.1) is 23.1 Å². The van der Waals surface area contributed by atoms with Crippen molar-refractivity contribution >= 4 is 62.5 Å². The number of alkyl halides is 3. The lowest BCUT2D eigenvalue weighted by atomic mass is 10.0. The van der Waals surface area contributed by atoms with Gasteiger partial charge in [0.25, 0.3) is 11.8 Å². The zero-order chi connectivity index (χ0) is 42.2. The lowest BCUT2D eigenvalue weighted by Crippen LogP contribution is -2.54. The Bertz CT molecular complexity index is 2410. The first kappa shape index (κ1) is 41.1. The predicted octanol–water partition coefficient (Wildman–Crippen LogP) is 4.75. The van der Waals surface area contributed by atoms with Gasteiger partial charge >= 0.3 is 6.18 Å². The fraction of sp³-hybridized carbons (Fsp3) is 0.350. The summed E-state index contributed by atoms with van der Waals surface area (Å²) in [5.74, 6) is -2.63. The Morgan fingerprint density at radius 3 is 2.29 bits per heavy atom. The van der Waals surface area contributed by atoms with Crippen LogP contribution in [0.25, 0.3) is 0 Å². The van der Waals surface area contributed by atoms with Crippen LogP contribution in [0.3, 0.4) is 0 Å². The number of piperidine rings is 2. The molecule has 0 radical (unpaired) electrons. The molecule has 15 nitrogen and oxygen atoms in total. The molecule has 0 spiro atoms. The maximum atomic E-state index is 13.9. The third-order valence-corrected chi connectivity index (χ3v) is 12.0. The Hall–Kier alpha value is -6.08. The minimum Gasteiger partial charge on any atom is -0.371 e. The van der Waals surface area contributed by atoms with Crippen molar-refractivity contribution in [3.05, 3.63) is 101 Å². The third kappa shape index (κ3) is 9.00. The molecule has 3 aliphatic rings. The summed E-state index contributed by atoms with van der Waals surface area (Å²) >= 11 is 0. The summed E-state index contributed by atoms with van der Waals surface area (Å²) in [5.41, 5.74) is 2.75. The van der Waals surface area contributed by atoms with Gasteiger partial charge in [-0.3, -0.25) is 38.6 Å². The smallest absolute Gasteiger partial charge is 0.371 e. The van der Waals surface area contributed by atoms with Crippen molar-refractivity contribution in [3.63, 3.8) is 0 Å². The number of anilines is 5. The number of nitrogens with zero attached hydrogens (tertiary/aromatic N) is 6. The summed E-state index contributed by atoms with van der Waals surface area (Å²) in [5, 5.41) is 7.92. The quantitative estimate of drug-likeness (QED) is 0.167. The summed E-state index contributed by atoms with van der Waals surface area (Å²) in [4.78, 5) is 63.9. The Balaban J connectivity index is 0.937. The number of nitrogens with one attached hydrogen (secondary N) is 3. The van der Waals surface area contributed by atoms with Crippen molar-refractivity contribution in [1.82, 2.24) is 25.1 Å². The van der Waals surface area contributed by atoms with E-state index in [1.54, 1.807) is 48.5 Å². The topological polar surface area (TPSA) is 177 Å². The lowest BCUT2D eigenvalue weighted by Gasteiger charge is -2.38. The van der Waals surface area contributed by atoms with Gasteiger partial charge in [-0.1, -0.05) is 18.2 Å². The number of hydrogen-bond donors (Lipinski definition) is 3. The van der Waals surface area contributed by atoms with E-state index in [9.17, 15) is 40.8 Å². The Kier molecular flexibility index (Phi) is 11.3. The molecule has 4 aromatic rings. The monoisotopic (exact) mass is 833 g/mol. The Morgan fingerprint density at radius 2 is 1.61 bits per heavy atom. The molecular weight excluding hydrogens is 792 g/mol. The minimum atomic E-state index is -4.73. The van der Waals surface area contributed by atoms with Crippen LogP contribution in [0.1, 0.15) is 63.1 Å². The molecule has 3 N–H and O–H groups in total. The molecule has 2 fully saturated rings. The van der Waals surface area contributed by atoms with Gasteiger partial charge in [-0.2, -0.15) is 18.2 Å². The van der Waals surface area contributed by atoms with Gasteiger partial charge in [0.2, 0.25) is 27.8 Å². The fourth-order valence-electron chi connectivity index (χ4n) is 7.51. The highest BCUT2D eigenvalue weighted by Crippen LogP contribution is 2.35.